The van der Waals surface area contributed by atoms with E-state index in [4.69, 9.17) is 0 Å². The van der Waals surface area contributed by atoms with Crippen LogP contribution in [0.3, 0.4) is 0 Å². The molecular formula is C24H29IN5O3-. The van der Waals surface area contributed by atoms with E-state index in [0.29, 0.717) is 18.8 Å². The van der Waals surface area contributed by atoms with Crippen molar-refractivity contribution < 1.29 is 36.2 Å². The third-order valence-electron chi connectivity index (χ3n) is 5.16. The first-order chi connectivity index (χ1) is 15.9. The normalized spacial score (nSPS) is 12.1. The Morgan fingerprint density at radius 1 is 1.09 bits per heavy atom. The first-order valence-corrected chi connectivity index (χ1v) is 13.2. The van der Waals surface area contributed by atoms with Crippen molar-refractivity contribution in [1.29, 1.82) is 0 Å². The summed E-state index contributed by atoms with van der Waals surface area (Å²) in [4.78, 5) is 24.7. The molecule has 0 radical (unpaired) electrons. The number of halogens is 1. The number of alkyl halides is 1. The van der Waals surface area contributed by atoms with Crippen LogP contribution >= 0.6 is 0 Å². The fraction of sp³-hybridized carbons (Fsp3) is 0.375. The number of H-pyrrole nitrogens is 1. The number of hydrogen-bond acceptors (Lipinski definition) is 5. The summed E-state index contributed by atoms with van der Waals surface area (Å²) < 4.78 is 1.31. The van der Waals surface area contributed by atoms with Gasteiger partial charge in [0.2, 0.25) is 0 Å². The van der Waals surface area contributed by atoms with Crippen molar-refractivity contribution in [2.24, 2.45) is 5.92 Å². The van der Waals surface area contributed by atoms with E-state index in [1.807, 2.05) is 69.3 Å². The number of carbonyl (C=O) groups is 2. The molecule has 0 fully saturated rings. The van der Waals surface area contributed by atoms with Gasteiger partial charge < -0.3 is 0 Å². The molecule has 1 amide bonds. The number of tetrazole rings is 1. The fourth-order valence-corrected chi connectivity index (χ4v) is 6.10. The summed E-state index contributed by atoms with van der Waals surface area (Å²) in [7, 11) is 0. The van der Waals surface area contributed by atoms with Gasteiger partial charge in [-0.05, 0) is 0 Å². The number of aliphatic carboxylic acids is 1. The van der Waals surface area contributed by atoms with E-state index >= 15 is 0 Å². The third kappa shape index (κ3) is 6.59. The topological polar surface area (TPSA) is 112 Å². The molecule has 3 aromatic rings. The third-order valence-corrected chi connectivity index (χ3v) is 9.28. The monoisotopic (exact) mass is 562 g/mol. The maximum absolute atomic E-state index is 12.9. The quantitative estimate of drug-likeness (QED) is 0.206. The van der Waals surface area contributed by atoms with Crippen molar-refractivity contribution in [2.75, 3.05) is 0 Å². The number of benzene rings is 2. The summed E-state index contributed by atoms with van der Waals surface area (Å²) in [6.07, 6.45) is 2.19. The molecule has 1 heterocycles. The van der Waals surface area contributed by atoms with Crippen LogP contribution in [0.1, 0.15) is 45.6 Å². The number of carbonyl (C=O) groups excluding carboxylic acids is 1. The number of nitrogens with one attached hydrogen (secondary N) is 1. The van der Waals surface area contributed by atoms with Crippen LogP contribution in [0.4, 0.5) is 0 Å². The van der Waals surface area contributed by atoms with Gasteiger partial charge in [-0.1, -0.05) is 0 Å². The first kappa shape index (κ1) is 24.8. The predicted molar refractivity (Wildman–Crippen MR) is 121 cm³/mol. The van der Waals surface area contributed by atoms with Crippen LogP contribution in [0.15, 0.2) is 48.5 Å². The van der Waals surface area contributed by atoms with Crippen molar-refractivity contribution in [3.8, 4) is 22.5 Å². The van der Waals surface area contributed by atoms with E-state index in [1.165, 1.54) is 0 Å². The molecule has 8 nitrogen and oxygen atoms in total. The average Bonchev–Trinajstić information content (AvgIpc) is 3.35. The van der Waals surface area contributed by atoms with Gasteiger partial charge in [-0.3, -0.25) is 0 Å². The molecule has 3 rings (SSSR count). The zero-order chi connectivity index (χ0) is 23.8. The number of rotatable bonds is 11. The Morgan fingerprint density at radius 2 is 1.79 bits per heavy atom. The standard InChI is InChI=1S/C24H29IN5O3/c1-4-5-10-21(31)30(25-22(16(2)3)24(32)33)15-17-11-13-18(14-12-17)19-8-6-7-9-20(19)23-26-28-29-27-23/h6-9,11-14,16,22H,4-5,10,15H2,1-3H3,(H,32,33)(H,26,27,28,29)/q-1. The van der Waals surface area contributed by atoms with E-state index in [-0.39, 0.29) is 11.8 Å². The molecule has 2 aromatic carbocycles. The molecule has 0 aliphatic rings. The molecule has 9 heteroatoms. The van der Waals surface area contributed by atoms with Crippen molar-refractivity contribution in [2.45, 2.75) is 50.5 Å². The second-order valence-electron chi connectivity index (χ2n) is 8.08. The number of aromatic amines is 1. The van der Waals surface area contributed by atoms with Gasteiger partial charge >= 0.3 is 205 Å². The van der Waals surface area contributed by atoms with E-state index in [9.17, 15) is 14.7 Å². The summed E-state index contributed by atoms with van der Waals surface area (Å²) in [6.45, 7) is 6.29. The fourth-order valence-electron chi connectivity index (χ4n) is 3.35. The van der Waals surface area contributed by atoms with Crippen LogP contribution < -0.4 is 21.5 Å². The number of amides is 1. The molecular weight excluding hydrogens is 533 g/mol. The molecule has 1 aromatic heterocycles. The van der Waals surface area contributed by atoms with Gasteiger partial charge in [-0.2, -0.15) is 0 Å². The number of carboxylic acid groups (broad SMARTS) is 1. The zero-order valence-electron chi connectivity index (χ0n) is 19.0. The molecule has 176 valence electrons. The van der Waals surface area contributed by atoms with Gasteiger partial charge in [0.25, 0.3) is 0 Å². The van der Waals surface area contributed by atoms with Crippen LogP contribution in [-0.4, -0.2) is 44.6 Å². The molecule has 2 N–H and O–H groups in total. The number of nitrogens with zero attached hydrogens (tertiary/aromatic N) is 4. The Morgan fingerprint density at radius 3 is 2.36 bits per heavy atom. The van der Waals surface area contributed by atoms with E-state index in [0.717, 1.165) is 35.1 Å². The molecule has 0 saturated carbocycles. The van der Waals surface area contributed by atoms with Crippen LogP contribution in [0.25, 0.3) is 22.5 Å². The Labute approximate surface area is 204 Å². The number of hydrogen-bond donors (Lipinski definition) is 2. The molecule has 1 atom stereocenters. The van der Waals surface area contributed by atoms with Crippen molar-refractivity contribution in [3.05, 3.63) is 54.1 Å². The SMILES string of the molecule is CCCCC(=O)N(Cc1ccc(-c2ccccc2-c2nn[nH]n2)cc1)[I-]C(C(=O)O)C(C)C. The van der Waals surface area contributed by atoms with E-state index in [1.54, 1.807) is 3.11 Å². The van der Waals surface area contributed by atoms with E-state index in [2.05, 4.69) is 20.6 Å². The summed E-state index contributed by atoms with van der Waals surface area (Å²) in [5.74, 6) is -0.260. The molecule has 1 unspecified atom stereocenters. The number of aromatic nitrogens is 4. The Kier molecular flexibility index (Phi) is 8.93. The van der Waals surface area contributed by atoms with Gasteiger partial charge in [0, 0.05) is 0 Å². The van der Waals surface area contributed by atoms with Crippen LogP contribution in [-0.2, 0) is 16.1 Å². The molecule has 0 aliphatic heterocycles. The van der Waals surface area contributed by atoms with Crippen molar-refractivity contribution >= 4 is 11.9 Å². The molecule has 33 heavy (non-hydrogen) atoms. The Hall–Kier alpha value is -2.82. The van der Waals surface area contributed by atoms with Crippen molar-refractivity contribution in [1.82, 2.24) is 23.7 Å². The molecule has 0 aliphatic carbocycles. The minimum atomic E-state index is -0.997. The molecule has 0 spiro atoms. The predicted octanol–water partition coefficient (Wildman–Crippen LogP) is 1.17. The summed E-state index contributed by atoms with van der Waals surface area (Å²) >= 11 is -0.997. The summed E-state index contributed by atoms with van der Waals surface area (Å²) in [5, 5.41) is 24.0. The maximum atomic E-state index is 12.9. The minimum absolute atomic E-state index is 0.0132. The van der Waals surface area contributed by atoms with Crippen molar-refractivity contribution in [3.63, 3.8) is 0 Å². The van der Waals surface area contributed by atoms with Crippen LogP contribution in [0, 0.1) is 5.92 Å². The molecule has 0 saturated heterocycles. The van der Waals surface area contributed by atoms with Gasteiger partial charge in [0.05, 0.1) is 0 Å². The Balaban J connectivity index is 1.82. The van der Waals surface area contributed by atoms with Gasteiger partial charge in [0.15, 0.2) is 0 Å². The zero-order valence-corrected chi connectivity index (χ0v) is 21.2. The van der Waals surface area contributed by atoms with Gasteiger partial charge in [-0.25, -0.2) is 0 Å². The van der Waals surface area contributed by atoms with Crippen LogP contribution in [0.2, 0.25) is 0 Å². The molecule has 0 bridgehead atoms. The summed E-state index contributed by atoms with van der Waals surface area (Å²) in [5.41, 5.74) is 3.85. The summed E-state index contributed by atoms with van der Waals surface area (Å²) in [6, 6.07) is 15.9. The second kappa shape index (κ2) is 11.9. The number of carboxylic acids is 1. The van der Waals surface area contributed by atoms with Gasteiger partial charge in [0.1, 0.15) is 0 Å². The van der Waals surface area contributed by atoms with E-state index < -0.39 is 31.4 Å². The first-order valence-electron chi connectivity index (χ1n) is 11.0. The number of unbranched alkanes of at least 4 members (excludes halogenated alkanes) is 1. The van der Waals surface area contributed by atoms with Gasteiger partial charge in [-0.15, -0.1) is 0 Å². The Bertz CT molecular complexity index is 1050. The van der Waals surface area contributed by atoms with Crippen LogP contribution in [0.5, 0.6) is 0 Å². The second-order valence-corrected chi connectivity index (χ2v) is 11.1. The average molecular weight is 562 g/mol.